The van der Waals surface area contributed by atoms with Crippen molar-refractivity contribution in [3.63, 3.8) is 0 Å². The molecule has 1 aromatic carbocycles. The molecule has 0 N–H and O–H groups in total. The normalized spacial score (nSPS) is 15.5. The van der Waals surface area contributed by atoms with E-state index < -0.39 is 5.97 Å². The van der Waals surface area contributed by atoms with Crippen LogP contribution < -0.4 is 4.74 Å². The number of nitrogens with zero attached hydrogens (tertiary/aromatic N) is 3. The van der Waals surface area contributed by atoms with Crippen LogP contribution in [0, 0.1) is 0 Å². The maximum absolute atomic E-state index is 12.0. The molecule has 1 amide bonds. The highest BCUT2D eigenvalue weighted by molar-refractivity contribution is 8.04. The quantitative estimate of drug-likeness (QED) is 0.536. The molecule has 0 radical (unpaired) electrons. The Labute approximate surface area is 154 Å². The summed E-state index contributed by atoms with van der Waals surface area (Å²) in [4.78, 5) is 25.1. The number of hydrogen-bond acceptors (Lipinski definition) is 8. The highest BCUT2D eigenvalue weighted by Crippen LogP contribution is 2.28. The largest absolute Gasteiger partial charge is 0.492 e. The van der Waals surface area contributed by atoms with Gasteiger partial charge in [0.1, 0.15) is 12.4 Å². The fourth-order valence-corrected chi connectivity index (χ4v) is 3.26. The van der Waals surface area contributed by atoms with Crippen LogP contribution in [0.15, 0.2) is 46.2 Å². The second-order valence-electron chi connectivity index (χ2n) is 5.19. The Kier molecular flexibility index (Phi) is 5.90. The molecule has 1 fully saturated rings. The second kappa shape index (κ2) is 8.52. The molecule has 1 aromatic heterocycles. The Morgan fingerprint density at radius 1 is 1.38 bits per heavy atom. The van der Waals surface area contributed by atoms with Crippen LogP contribution in [0.3, 0.4) is 0 Å². The number of thioether (sulfide) groups is 1. The van der Waals surface area contributed by atoms with E-state index in [0.717, 1.165) is 5.56 Å². The zero-order valence-corrected chi connectivity index (χ0v) is 14.9. The smallest absolute Gasteiger partial charge is 0.333 e. The Balaban J connectivity index is 1.54. The summed E-state index contributed by atoms with van der Waals surface area (Å²) in [6, 6.07) is 7.20. The molecule has 136 valence electrons. The molecule has 8 nitrogen and oxygen atoms in total. The molecule has 1 aliphatic heterocycles. The number of esters is 1. The summed E-state index contributed by atoms with van der Waals surface area (Å²) in [5.74, 6) is 0.894. The van der Waals surface area contributed by atoms with E-state index in [0.29, 0.717) is 42.2 Å². The van der Waals surface area contributed by atoms with Gasteiger partial charge in [0.2, 0.25) is 18.2 Å². The second-order valence-corrected chi connectivity index (χ2v) is 6.18. The van der Waals surface area contributed by atoms with Gasteiger partial charge in [-0.05, 0) is 31.2 Å². The lowest BCUT2D eigenvalue weighted by atomic mass is 10.2. The van der Waals surface area contributed by atoms with Crippen LogP contribution in [0.1, 0.15) is 6.92 Å². The molecule has 0 unspecified atom stereocenters. The number of aromatic nitrogens is 2. The van der Waals surface area contributed by atoms with Gasteiger partial charge in [-0.3, -0.25) is 4.79 Å². The van der Waals surface area contributed by atoms with E-state index in [9.17, 15) is 9.59 Å². The zero-order chi connectivity index (χ0) is 18.4. The first-order chi connectivity index (χ1) is 12.7. The molecule has 0 spiro atoms. The van der Waals surface area contributed by atoms with Gasteiger partial charge in [-0.1, -0.05) is 11.8 Å². The lowest BCUT2D eigenvalue weighted by Crippen LogP contribution is -2.29. The van der Waals surface area contributed by atoms with E-state index in [1.54, 1.807) is 19.1 Å². The van der Waals surface area contributed by atoms with Crippen molar-refractivity contribution in [3.8, 4) is 17.2 Å². The number of hydrogen-bond donors (Lipinski definition) is 0. The van der Waals surface area contributed by atoms with Crippen LogP contribution in [0.25, 0.3) is 11.5 Å². The molecule has 0 saturated carbocycles. The van der Waals surface area contributed by atoms with Crippen LogP contribution in [0.4, 0.5) is 0 Å². The fraction of sp³-hybridized carbons (Fsp3) is 0.294. The highest BCUT2D eigenvalue weighted by Gasteiger charge is 2.27. The zero-order valence-electron chi connectivity index (χ0n) is 14.1. The van der Waals surface area contributed by atoms with E-state index in [4.69, 9.17) is 13.9 Å². The third-order valence-corrected chi connectivity index (χ3v) is 4.51. The molecule has 1 aliphatic rings. The Morgan fingerprint density at radius 3 is 2.88 bits per heavy atom. The maximum atomic E-state index is 12.0. The van der Waals surface area contributed by atoms with Crippen molar-refractivity contribution in [3.05, 3.63) is 41.8 Å². The van der Waals surface area contributed by atoms with Gasteiger partial charge in [-0.25, -0.2) is 4.79 Å². The van der Waals surface area contributed by atoms with Gasteiger partial charge in [-0.15, -0.1) is 10.2 Å². The average molecular weight is 375 g/mol. The lowest BCUT2D eigenvalue weighted by Gasteiger charge is -2.17. The van der Waals surface area contributed by atoms with Crippen molar-refractivity contribution in [2.75, 3.05) is 25.5 Å². The number of rotatable bonds is 7. The van der Waals surface area contributed by atoms with E-state index in [2.05, 4.69) is 10.2 Å². The van der Waals surface area contributed by atoms with Crippen LogP contribution in [0.2, 0.25) is 0 Å². The first-order valence-electron chi connectivity index (χ1n) is 7.98. The summed E-state index contributed by atoms with van der Waals surface area (Å²) in [7, 11) is 0. The van der Waals surface area contributed by atoms with Crippen molar-refractivity contribution in [2.45, 2.75) is 6.92 Å². The van der Waals surface area contributed by atoms with Crippen molar-refractivity contribution in [1.29, 1.82) is 0 Å². The van der Waals surface area contributed by atoms with Crippen molar-refractivity contribution in [2.24, 2.45) is 0 Å². The van der Waals surface area contributed by atoms with Gasteiger partial charge < -0.3 is 18.8 Å². The Bertz CT molecular complexity index is 789. The number of ether oxygens (including phenoxy) is 2. The number of amides is 1. The Morgan fingerprint density at radius 2 is 2.19 bits per heavy atom. The molecule has 1 saturated heterocycles. The van der Waals surface area contributed by atoms with Gasteiger partial charge in [0.05, 0.1) is 30.0 Å². The van der Waals surface area contributed by atoms with E-state index >= 15 is 0 Å². The topological polar surface area (TPSA) is 94.8 Å². The van der Waals surface area contributed by atoms with Crippen LogP contribution >= 0.6 is 11.8 Å². The standard InChI is InChI=1S/C17H17N3O5S/c1-2-23-16(22)9-15-20(14(21)10-26-15)7-8-24-13-5-3-12(4-6-13)17-19-18-11-25-17/h3-6,9,11H,2,7-8,10H2,1H3/b15-9-. The van der Waals surface area contributed by atoms with Crippen molar-refractivity contribution in [1.82, 2.24) is 15.1 Å². The molecular formula is C17H17N3O5S. The van der Waals surface area contributed by atoms with Crippen LogP contribution in [-0.4, -0.2) is 52.5 Å². The predicted octanol–water partition coefficient (Wildman–Crippen LogP) is 2.10. The summed E-state index contributed by atoms with van der Waals surface area (Å²) < 4.78 is 15.7. The summed E-state index contributed by atoms with van der Waals surface area (Å²) in [5.41, 5.74) is 0.792. The fourth-order valence-electron chi connectivity index (χ4n) is 2.30. The first kappa shape index (κ1) is 18.0. The lowest BCUT2D eigenvalue weighted by molar-refractivity contribution is -0.137. The number of carbonyl (C=O) groups excluding carboxylic acids is 2. The molecule has 0 aliphatic carbocycles. The summed E-state index contributed by atoms with van der Waals surface area (Å²) in [6.07, 6.45) is 2.62. The Hall–Kier alpha value is -2.81. The molecule has 3 rings (SSSR count). The summed E-state index contributed by atoms with van der Waals surface area (Å²) in [5, 5.41) is 8.06. The van der Waals surface area contributed by atoms with Gasteiger partial charge in [0.25, 0.3) is 0 Å². The monoisotopic (exact) mass is 375 g/mol. The summed E-state index contributed by atoms with van der Waals surface area (Å²) in [6.45, 7) is 2.68. The molecule has 9 heteroatoms. The molecule has 26 heavy (non-hydrogen) atoms. The molecular weight excluding hydrogens is 358 g/mol. The number of carbonyl (C=O) groups is 2. The summed E-state index contributed by atoms with van der Waals surface area (Å²) >= 11 is 1.32. The van der Waals surface area contributed by atoms with Gasteiger partial charge >= 0.3 is 5.97 Å². The van der Waals surface area contributed by atoms with E-state index in [1.807, 2.05) is 12.1 Å². The third kappa shape index (κ3) is 4.42. The highest BCUT2D eigenvalue weighted by atomic mass is 32.2. The third-order valence-electron chi connectivity index (χ3n) is 3.48. The molecule has 2 heterocycles. The van der Waals surface area contributed by atoms with Gasteiger partial charge in [0, 0.05) is 5.56 Å². The van der Waals surface area contributed by atoms with Gasteiger partial charge in [-0.2, -0.15) is 0 Å². The van der Waals surface area contributed by atoms with Crippen LogP contribution in [-0.2, 0) is 14.3 Å². The maximum Gasteiger partial charge on any atom is 0.333 e. The average Bonchev–Trinajstić information content (AvgIpc) is 3.28. The van der Waals surface area contributed by atoms with Crippen molar-refractivity contribution < 1.29 is 23.5 Å². The SMILES string of the molecule is CCOC(=O)/C=C1\SCC(=O)N1CCOc1ccc(-c2nnco2)cc1. The minimum Gasteiger partial charge on any atom is -0.492 e. The van der Waals surface area contributed by atoms with E-state index in [-0.39, 0.29) is 5.91 Å². The number of benzene rings is 1. The van der Waals surface area contributed by atoms with Crippen molar-refractivity contribution >= 4 is 23.6 Å². The van der Waals surface area contributed by atoms with Gasteiger partial charge in [0.15, 0.2) is 0 Å². The van der Waals surface area contributed by atoms with E-state index in [1.165, 1.54) is 29.1 Å². The minimum atomic E-state index is -0.452. The first-order valence-corrected chi connectivity index (χ1v) is 8.97. The molecule has 2 aromatic rings. The molecule has 0 bridgehead atoms. The minimum absolute atomic E-state index is 0.0547. The predicted molar refractivity (Wildman–Crippen MR) is 94.1 cm³/mol. The molecule has 0 atom stereocenters. The van der Waals surface area contributed by atoms with Crippen LogP contribution in [0.5, 0.6) is 5.75 Å².